The van der Waals surface area contributed by atoms with Crippen LogP contribution in [0.15, 0.2) is 24.3 Å². The second-order valence-corrected chi connectivity index (χ2v) is 8.59. The van der Waals surface area contributed by atoms with Crippen LogP contribution >= 0.6 is 11.3 Å². The average Bonchev–Trinajstić information content (AvgIpc) is 3.33. The molecule has 0 spiro atoms. The van der Waals surface area contributed by atoms with Crippen LogP contribution in [0.4, 0.5) is 10.1 Å². The number of benzene rings is 1. The summed E-state index contributed by atoms with van der Waals surface area (Å²) in [6, 6.07) is 6.60. The number of anilines is 1. The van der Waals surface area contributed by atoms with Gasteiger partial charge in [-0.1, -0.05) is 0 Å². The topological polar surface area (TPSA) is 49.4 Å². The van der Waals surface area contributed by atoms with Crippen LogP contribution in [0.2, 0.25) is 0 Å². The van der Waals surface area contributed by atoms with E-state index in [9.17, 15) is 14.0 Å². The first-order chi connectivity index (χ1) is 13.0. The number of nitrogens with zero attached hydrogens (tertiary/aromatic N) is 1. The molecule has 142 valence electrons. The second-order valence-electron chi connectivity index (χ2n) is 7.45. The Bertz CT molecular complexity index is 886. The van der Waals surface area contributed by atoms with Gasteiger partial charge in [0.1, 0.15) is 5.82 Å². The molecule has 6 heteroatoms. The van der Waals surface area contributed by atoms with Crippen molar-refractivity contribution in [1.29, 1.82) is 0 Å². The third-order valence-corrected chi connectivity index (χ3v) is 6.71. The van der Waals surface area contributed by atoms with Gasteiger partial charge in [0, 0.05) is 29.6 Å². The van der Waals surface area contributed by atoms with Crippen molar-refractivity contribution in [2.45, 2.75) is 39.0 Å². The summed E-state index contributed by atoms with van der Waals surface area (Å²) in [4.78, 5) is 29.2. The van der Waals surface area contributed by atoms with Crippen LogP contribution in [-0.2, 0) is 17.6 Å². The highest BCUT2D eigenvalue weighted by Gasteiger charge is 2.29. The summed E-state index contributed by atoms with van der Waals surface area (Å²) < 4.78 is 13.4. The number of likely N-dealkylation sites (tertiary alicyclic amines) is 1. The number of carbonyl (C=O) groups excluding carboxylic acids is 2. The monoisotopic (exact) mass is 386 g/mol. The summed E-state index contributed by atoms with van der Waals surface area (Å²) in [6.07, 6.45) is 4.43. The maximum atomic E-state index is 13.4. The molecule has 4 nitrogen and oxygen atoms in total. The van der Waals surface area contributed by atoms with Crippen LogP contribution in [0.5, 0.6) is 0 Å². The van der Waals surface area contributed by atoms with E-state index in [-0.39, 0.29) is 23.5 Å². The fourth-order valence-corrected chi connectivity index (χ4v) is 5.07. The lowest BCUT2D eigenvalue weighted by molar-refractivity contribution is -0.120. The number of fused-ring (bicyclic) bond motifs is 1. The fourth-order valence-electron chi connectivity index (χ4n) is 3.90. The van der Waals surface area contributed by atoms with Crippen molar-refractivity contribution in [2.75, 3.05) is 18.4 Å². The van der Waals surface area contributed by atoms with E-state index in [1.807, 2.05) is 11.0 Å². The minimum atomic E-state index is -0.274. The largest absolute Gasteiger partial charge is 0.338 e. The standard InChI is InChI=1S/C21H23FN2O2S/c1-13-10-16(5-6-17(13)22)23-20(25)14-4-7-18-15(11-14)12-19(27-18)21(26)24-8-2-3-9-24/h5-6,10,12,14H,2-4,7-9,11H2,1H3,(H,23,25)/t14-/m0/s1. The third-order valence-electron chi connectivity index (χ3n) is 5.48. The van der Waals surface area contributed by atoms with Gasteiger partial charge in [-0.2, -0.15) is 0 Å². The Morgan fingerprint density at radius 2 is 2.00 bits per heavy atom. The first-order valence-electron chi connectivity index (χ1n) is 9.49. The number of nitrogens with one attached hydrogen (secondary N) is 1. The smallest absolute Gasteiger partial charge is 0.263 e. The normalized spacial score (nSPS) is 19.0. The van der Waals surface area contributed by atoms with Gasteiger partial charge in [0.2, 0.25) is 5.91 Å². The summed E-state index contributed by atoms with van der Waals surface area (Å²) in [5, 5.41) is 2.91. The highest BCUT2D eigenvalue weighted by Crippen LogP contribution is 2.34. The van der Waals surface area contributed by atoms with Crippen molar-refractivity contribution < 1.29 is 14.0 Å². The quantitative estimate of drug-likeness (QED) is 0.860. The van der Waals surface area contributed by atoms with Crippen LogP contribution in [-0.4, -0.2) is 29.8 Å². The van der Waals surface area contributed by atoms with Gasteiger partial charge in [0.25, 0.3) is 5.91 Å². The van der Waals surface area contributed by atoms with Crippen LogP contribution in [0.25, 0.3) is 0 Å². The minimum Gasteiger partial charge on any atom is -0.338 e. The Morgan fingerprint density at radius 3 is 2.74 bits per heavy atom. The lowest BCUT2D eigenvalue weighted by Gasteiger charge is -2.21. The number of hydrogen-bond acceptors (Lipinski definition) is 3. The predicted octanol–water partition coefficient (Wildman–Crippen LogP) is 4.18. The van der Waals surface area contributed by atoms with E-state index in [1.54, 1.807) is 30.4 Å². The molecule has 1 aromatic heterocycles. The fraction of sp³-hybridized carbons (Fsp3) is 0.429. The molecule has 2 aromatic rings. The van der Waals surface area contributed by atoms with E-state index in [4.69, 9.17) is 0 Å². The van der Waals surface area contributed by atoms with E-state index in [0.717, 1.165) is 49.2 Å². The molecule has 1 atom stereocenters. The molecule has 4 rings (SSSR count). The second kappa shape index (κ2) is 7.43. The molecule has 1 fully saturated rings. The van der Waals surface area contributed by atoms with Crippen molar-refractivity contribution in [1.82, 2.24) is 4.90 Å². The summed E-state index contributed by atoms with van der Waals surface area (Å²) in [7, 11) is 0. The number of rotatable bonds is 3. The van der Waals surface area contributed by atoms with Gasteiger partial charge in [0.15, 0.2) is 0 Å². The summed E-state index contributed by atoms with van der Waals surface area (Å²) in [5.74, 6) is -0.295. The highest BCUT2D eigenvalue weighted by molar-refractivity contribution is 7.14. The van der Waals surface area contributed by atoms with E-state index >= 15 is 0 Å². The Kier molecular flexibility index (Phi) is 5.00. The van der Waals surface area contributed by atoms with Crippen LogP contribution in [0.3, 0.4) is 0 Å². The number of aryl methyl sites for hydroxylation is 2. The minimum absolute atomic E-state index is 0.0368. The van der Waals surface area contributed by atoms with Gasteiger partial charge in [0.05, 0.1) is 4.88 Å². The first-order valence-corrected chi connectivity index (χ1v) is 10.3. The molecule has 0 saturated carbocycles. The highest BCUT2D eigenvalue weighted by atomic mass is 32.1. The number of amides is 2. The summed E-state index contributed by atoms with van der Waals surface area (Å²) in [6.45, 7) is 3.38. The zero-order chi connectivity index (χ0) is 19.0. The van der Waals surface area contributed by atoms with Crippen molar-refractivity contribution in [3.63, 3.8) is 0 Å². The Labute approximate surface area is 162 Å². The Balaban J connectivity index is 1.43. The van der Waals surface area contributed by atoms with Crippen LogP contribution < -0.4 is 5.32 Å². The maximum absolute atomic E-state index is 13.4. The maximum Gasteiger partial charge on any atom is 0.263 e. The molecule has 2 aliphatic rings. The SMILES string of the molecule is Cc1cc(NC(=O)[C@H]2CCc3sc(C(=O)N4CCCC4)cc3C2)ccc1F. The lowest BCUT2D eigenvalue weighted by atomic mass is 9.87. The molecule has 0 unspecified atom stereocenters. The average molecular weight is 386 g/mol. The van der Waals surface area contributed by atoms with Gasteiger partial charge in [-0.05, 0) is 74.4 Å². The molecule has 1 N–H and O–H groups in total. The summed E-state index contributed by atoms with van der Waals surface area (Å²) >= 11 is 1.59. The number of hydrogen-bond donors (Lipinski definition) is 1. The van der Waals surface area contributed by atoms with Crippen molar-refractivity contribution in [2.24, 2.45) is 5.92 Å². The molecule has 0 bridgehead atoms. The zero-order valence-electron chi connectivity index (χ0n) is 15.4. The molecular formula is C21H23FN2O2S. The van der Waals surface area contributed by atoms with Crippen LogP contribution in [0, 0.1) is 18.7 Å². The molecule has 0 radical (unpaired) electrons. The predicted molar refractivity (Wildman–Crippen MR) is 105 cm³/mol. The van der Waals surface area contributed by atoms with E-state index in [2.05, 4.69) is 5.32 Å². The molecule has 1 aliphatic carbocycles. The number of carbonyl (C=O) groups is 2. The van der Waals surface area contributed by atoms with Gasteiger partial charge >= 0.3 is 0 Å². The molecular weight excluding hydrogens is 363 g/mol. The molecule has 27 heavy (non-hydrogen) atoms. The molecule has 1 saturated heterocycles. The van der Waals surface area contributed by atoms with Crippen molar-refractivity contribution in [3.05, 3.63) is 51.0 Å². The summed E-state index contributed by atoms with van der Waals surface area (Å²) in [5.41, 5.74) is 2.27. The number of halogens is 1. The van der Waals surface area contributed by atoms with E-state index in [0.29, 0.717) is 17.7 Å². The lowest BCUT2D eigenvalue weighted by Crippen LogP contribution is -2.27. The van der Waals surface area contributed by atoms with E-state index < -0.39 is 0 Å². The molecule has 2 heterocycles. The zero-order valence-corrected chi connectivity index (χ0v) is 16.2. The van der Waals surface area contributed by atoms with Gasteiger partial charge in [-0.25, -0.2) is 4.39 Å². The number of thiophene rings is 1. The van der Waals surface area contributed by atoms with Crippen LogP contribution in [0.1, 0.15) is 44.9 Å². The molecule has 1 aromatic carbocycles. The molecule has 1 aliphatic heterocycles. The van der Waals surface area contributed by atoms with Crippen molar-refractivity contribution in [3.8, 4) is 0 Å². The van der Waals surface area contributed by atoms with Gasteiger partial charge in [-0.3, -0.25) is 9.59 Å². The Hall–Kier alpha value is -2.21. The first kappa shape index (κ1) is 18.2. The van der Waals surface area contributed by atoms with Crippen molar-refractivity contribution >= 4 is 28.8 Å². The van der Waals surface area contributed by atoms with Gasteiger partial charge < -0.3 is 10.2 Å². The van der Waals surface area contributed by atoms with E-state index in [1.165, 1.54) is 10.9 Å². The molecule has 2 amide bonds. The Morgan fingerprint density at radius 1 is 1.22 bits per heavy atom. The van der Waals surface area contributed by atoms with Gasteiger partial charge in [-0.15, -0.1) is 11.3 Å². The third kappa shape index (κ3) is 3.76.